The fourth-order valence-electron chi connectivity index (χ4n) is 11.0. The number of piperidine rings is 1. The predicted molar refractivity (Wildman–Crippen MR) is 148 cm³/mol. The van der Waals surface area contributed by atoms with E-state index in [0.29, 0.717) is 36.0 Å². The zero-order valence-electron chi connectivity index (χ0n) is 24.8. The molecule has 6 aliphatic rings. The second kappa shape index (κ2) is 9.35. The number of hydrogen-bond acceptors (Lipinski definition) is 4. The minimum Gasteiger partial charge on any atom is -0.462 e. The molecule has 1 amide bonds. The molecule has 0 aromatic carbocycles. The van der Waals surface area contributed by atoms with Crippen LogP contribution in [0.5, 0.6) is 0 Å². The average Bonchev–Trinajstić information content (AvgIpc) is 3.31. The maximum atomic E-state index is 12.8. The number of likely N-dealkylation sites (tertiary alicyclic amines) is 1. The van der Waals surface area contributed by atoms with Crippen molar-refractivity contribution in [3.8, 4) is 0 Å². The molecule has 0 N–H and O–H groups in total. The zero-order chi connectivity index (χ0) is 27.0. The van der Waals surface area contributed by atoms with Gasteiger partial charge < -0.3 is 14.4 Å². The molecule has 6 rings (SSSR count). The van der Waals surface area contributed by atoms with Crippen molar-refractivity contribution in [2.75, 3.05) is 6.54 Å². The van der Waals surface area contributed by atoms with Gasteiger partial charge in [-0.3, -0.25) is 9.59 Å². The number of hydrogen-bond donors (Lipinski definition) is 0. The summed E-state index contributed by atoms with van der Waals surface area (Å²) in [7, 11) is 0. The lowest BCUT2D eigenvalue weighted by Gasteiger charge is -2.59. The standard InChI is InChI=1S/C33H51NO4/c1-7-8-29(36)37-24-12-14-31(5)23(17-24)9-10-25-26(31)13-15-32(6)27(25)18-28-30(32)21(3)33(38-28)16-11-20(2)19-34(33)22(4)35/h9,20-21,24-28,30H,7-8,10-19H2,1-6H3/t20-,21-,24+,25+,26+,27+,28+,30-,31-,32-,33+/m0/s1. The Hall–Kier alpha value is -1.36. The Bertz CT molecular complexity index is 1010. The van der Waals surface area contributed by atoms with Crippen LogP contribution in [0.15, 0.2) is 11.6 Å². The minimum atomic E-state index is -0.391. The van der Waals surface area contributed by atoms with E-state index < -0.39 is 5.72 Å². The largest absolute Gasteiger partial charge is 0.462 e. The minimum absolute atomic E-state index is 0.0241. The Labute approximate surface area is 230 Å². The van der Waals surface area contributed by atoms with Crippen LogP contribution in [0.2, 0.25) is 0 Å². The number of amides is 1. The van der Waals surface area contributed by atoms with E-state index in [1.165, 1.54) is 19.3 Å². The molecule has 0 bridgehead atoms. The number of nitrogens with zero attached hydrogens (tertiary/aromatic N) is 1. The summed E-state index contributed by atoms with van der Waals surface area (Å²) in [4.78, 5) is 27.1. The van der Waals surface area contributed by atoms with Gasteiger partial charge in [0.2, 0.25) is 5.91 Å². The van der Waals surface area contributed by atoms with Crippen molar-refractivity contribution in [2.45, 2.75) is 130 Å². The Morgan fingerprint density at radius 2 is 1.89 bits per heavy atom. The third-order valence-electron chi connectivity index (χ3n) is 12.8. The number of rotatable bonds is 3. The molecule has 4 aliphatic carbocycles. The molecular weight excluding hydrogens is 474 g/mol. The molecule has 2 aliphatic heterocycles. The van der Waals surface area contributed by atoms with Crippen LogP contribution in [-0.4, -0.2) is 41.3 Å². The lowest BCUT2D eigenvalue weighted by molar-refractivity contribution is -0.200. The maximum Gasteiger partial charge on any atom is 0.306 e. The topological polar surface area (TPSA) is 55.8 Å². The first kappa shape index (κ1) is 26.8. The molecule has 5 nitrogen and oxygen atoms in total. The molecule has 5 heteroatoms. The third kappa shape index (κ3) is 3.79. The van der Waals surface area contributed by atoms with Gasteiger partial charge in [-0.1, -0.05) is 46.3 Å². The highest BCUT2D eigenvalue weighted by molar-refractivity contribution is 5.74. The number of carbonyl (C=O) groups is 2. The summed E-state index contributed by atoms with van der Waals surface area (Å²) >= 11 is 0. The highest BCUT2D eigenvalue weighted by Gasteiger charge is 2.69. The molecule has 5 fully saturated rings. The quantitative estimate of drug-likeness (QED) is 0.297. The smallest absolute Gasteiger partial charge is 0.306 e. The van der Waals surface area contributed by atoms with Crippen molar-refractivity contribution in [2.24, 2.45) is 46.3 Å². The normalized spacial score (nSPS) is 49.5. The summed E-state index contributed by atoms with van der Waals surface area (Å²) in [5.41, 5.74) is 1.71. The van der Waals surface area contributed by atoms with Crippen LogP contribution < -0.4 is 0 Å². The first-order chi connectivity index (χ1) is 18.0. The molecular formula is C33H51NO4. The van der Waals surface area contributed by atoms with Crippen molar-refractivity contribution in [1.82, 2.24) is 4.90 Å². The number of esters is 1. The van der Waals surface area contributed by atoms with Crippen molar-refractivity contribution < 1.29 is 19.1 Å². The first-order valence-electron chi connectivity index (χ1n) is 15.9. The number of carbonyl (C=O) groups excluding carboxylic acids is 2. The number of fused-ring (bicyclic) bond motifs is 7. The molecule has 38 heavy (non-hydrogen) atoms. The van der Waals surface area contributed by atoms with Gasteiger partial charge in [0, 0.05) is 32.2 Å². The SMILES string of the molecule is CCCC(=O)O[C@@H]1CC[C@@]2(C)C(=CC[C@H]3[C@H]4C[C@H]5O[C@]6(CC[C@H](C)CN6C(C)=O)[C@@H](C)[C@@H]5[C@@]4(C)CC[C@H]32)C1. The highest BCUT2D eigenvalue weighted by Crippen LogP contribution is 2.70. The van der Waals surface area contributed by atoms with Gasteiger partial charge >= 0.3 is 5.97 Å². The van der Waals surface area contributed by atoms with Crippen molar-refractivity contribution in [3.05, 3.63) is 11.6 Å². The molecule has 1 spiro atoms. The van der Waals surface area contributed by atoms with Gasteiger partial charge in [0.05, 0.1) is 6.10 Å². The Balaban J connectivity index is 1.22. The van der Waals surface area contributed by atoms with Crippen molar-refractivity contribution >= 4 is 11.9 Å². The average molecular weight is 526 g/mol. The van der Waals surface area contributed by atoms with E-state index in [9.17, 15) is 9.59 Å². The second-order valence-electron chi connectivity index (χ2n) is 14.7. The summed E-state index contributed by atoms with van der Waals surface area (Å²) in [6.45, 7) is 14.4. The lowest BCUT2D eigenvalue weighted by atomic mass is 9.46. The Morgan fingerprint density at radius 3 is 2.63 bits per heavy atom. The van der Waals surface area contributed by atoms with Crippen LogP contribution in [-0.2, 0) is 19.1 Å². The molecule has 0 aromatic rings. The summed E-state index contributed by atoms with van der Waals surface area (Å²) < 4.78 is 13.0. The molecule has 0 unspecified atom stereocenters. The van der Waals surface area contributed by atoms with Crippen LogP contribution in [0.25, 0.3) is 0 Å². The van der Waals surface area contributed by atoms with Gasteiger partial charge in [-0.2, -0.15) is 0 Å². The molecule has 0 aromatic heterocycles. The van der Waals surface area contributed by atoms with Crippen LogP contribution in [0.4, 0.5) is 0 Å². The van der Waals surface area contributed by atoms with E-state index in [2.05, 4.69) is 38.7 Å². The second-order valence-corrected chi connectivity index (χ2v) is 14.7. The van der Waals surface area contributed by atoms with E-state index >= 15 is 0 Å². The number of allylic oxidation sites excluding steroid dienone is 1. The first-order valence-corrected chi connectivity index (χ1v) is 15.9. The summed E-state index contributed by atoms with van der Waals surface area (Å²) in [5, 5.41) is 0. The van der Waals surface area contributed by atoms with E-state index in [1.807, 2.05) is 6.92 Å². The van der Waals surface area contributed by atoms with Gasteiger partial charge in [0.1, 0.15) is 11.8 Å². The summed E-state index contributed by atoms with van der Waals surface area (Å²) in [6.07, 6.45) is 14.4. The fraction of sp³-hybridized carbons (Fsp3) is 0.879. The fourth-order valence-corrected chi connectivity index (χ4v) is 11.0. The molecule has 0 radical (unpaired) electrons. The highest BCUT2D eigenvalue weighted by atomic mass is 16.5. The molecule has 11 atom stereocenters. The summed E-state index contributed by atoms with van der Waals surface area (Å²) in [5.74, 6) is 3.76. The zero-order valence-corrected chi connectivity index (χ0v) is 24.8. The van der Waals surface area contributed by atoms with Gasteiger partial charge in [-0.15, -0.1) is 0 Å². The van der Waals surface area contributed by atoms with Gasteiger partial charge in [-0.25, -0.2) is 0 Å². The number of ether oxygens (including phenoxy) is 2. The van der Waals surface area contributed by atoms with E-state index in [-0.39, 0.29) is 34.9 Å². The maximum absolute atomic E-state index is 12.8. The summed E-state index contributed by atoms with van der Waals surface area (Å²) in [6, 6.07) is 0. The van der Waals surface area contributed by atoms with Crippen LogP contribution in [0, 0.1) is 46.3 Å². The predicted octanol–water partition coefficient (Wildman–Crippen LogP) is 6.90. The van der Waals surface area contributed by atoms with E-state index in [0.717, 1.165) is 57.4 Å². The van der Waals surface area contributed by atoms with E-state index in [4.69, 9.17) is 9.47 Å². The monoisotopic (exact) mass is 525 g/mol. The lowest BCUT2D eigenvalue weighted by Crippen LogP contribution is -2.60. The van der Waals surface area contributed by atoms with Gasteiger partial charge in [-0.05, 0) is 98.2 Å². The third-order valence-corrected chi connectivity index (χ3v) is 12.8. The van der Waals surface area contributed by atoms with E-state index in [1.54, 1.807) is 12.5 Å². The van der Waals surface area contributed by atoms with Crippen LogP contribution >= 0.6 is 0 Å². The molecule has 3 saturated carbocycles. The van der Waals surface area contributed by atoms with Crippen molar-refractivity contribution in [1.29, 1.82) is 0 Å². The van der Waals surface area contributed by atoms with Crippen LogP contribution in [0.1, 0.15) is 112 Å². The molecule has 2 heterocycles. The Kier molecular flexibility index (Phi) is 6.60. The van der Waals surface area contributed by atoms with Crippen LogP contribution in [0.3, 0.4) is 0 Å². The van der Waals surface area contributed by atoms with Crippen molar-refractivity contribution in [3.63, 3.8) is 0 Å². The van der Waals surface area contributed by atoms with Gasteiger partial charge in [0.25, 0.3) is 0 Å². The van der Waals surface area contributed by atoms with Gasteiger partial charge in [0.15, 0.2) is 0 Å². The molecule has 212 valence electrons. The molecule has 2 saturated heterocycles. The Morgan fingerprint density at radius 1 is 1.11 bits per heavy atom.